The van der Waals surface area contributed by atoms with Gasteiger partial charge in [-0.05, 0) is 12.8 Å². The van der Waals surface area contributed by atoms with Crippen molar-refractivity contribution in [3.05, 3.63) is 0 Å². The van der Waals surface area contributed by atoms with Gasteiger partial charge in [0.2, 0.25) is 11.8 Å². The Balaban J connectivity index is 2.01. The molecule has 2 rings (SSSR count). The fourth-order valence-electron chi connectivity index (χ4n) is 3.03. The van der Waals surface area contributed by atoms with E-state index in [1.165, 1.54) is 0 Å². The molecule has 2 aliphatic rings. The van der Waals surface area contributed by atoms with Crippen LogP contribution in [0.5, 0.6) is 0 Å². The number of aliphatic hydroxyl groups is 1. The molecule has 7 heteroatoms. The molecule has 0 aromatic rings. The SMILES string of the molecule is O=C1CC2(CCCC2)C(=O)N1CC(O)CC(F)(F)F. The highest BCUT2D eigenvalue weighted by Crippen LogP contribution is 2.46. The van der Waals surface area contributed by atoms with Crippen LogP contribution in [0, 0.1) is 5.41 Å². The van der Waals surface area contributed by atoms with Crippen LogP contribution in [0.1, 0.15) is 38.5 Å². The second kappa shape index (κ2) is 4.77. The molecule has 0 bridgehead atoms. The number of carbonyl (C=O) groups excluding carboxylic acids is 2. The van der Waals surface area contributed by atoms with E-state index in [-0.39, 0.29) is 6.42 Å². The Morgan fingerprint density at radius 2 is 1.84 bits per heavy atom. The molecule has 1 unspecified atom stereocenters. The van der Waals surface area contributed by atoms with Gasteiger partial charge in [0.15, 0.2) is 0 Å². The maximum absolute atomic E-state index is 12.2. The quantitative estimate of drug-likeness (QED) is 0.799. The second-order valence-corrected chi connectivity index (χ2v) is 5.45. The number of aliphatic hydroxyl groups excluding tert-OH is 1. The molecule has 1 aliphatic carbocycles. The maximum Gasteiger partial charge on any atom is 0.391 e. The summed E-state index contributed by atoms with van der Waals surface area (Å²) < 4.78 is 36.4. The monoisotopic (exact) mass is 279 g/mol. The lowest BCUT2D eigenvalue weighted by Gasteiger charge is -2.23. The van der Waals surface area contributed by atoms with Crippen molar-refractivity contribution in [1.82, 2.24) is 4.90 Å². The summed E-state index contributed by atoms with van der Waals surface area (Å²) in [7, 11) is 0. The van der Waals surface area contributed by atoms with E-state index in [4.69, 9.17) is 0 Å². The van der Waals surface area contributed by atoms with E-state index in [2.05, 4.69) is 0 Å². The normalized spacial score (nSPS) is 24.5. The van der Waals surface area contributed by atoms with Crippen LogP contribution in [-0.4, -0.2) is 40.6 Å². The fraction of sp³-hybridized carbons (Fsp3) is 0.833. The smallest absolute Gasteiger partial charge is 0.391 e. The van der Waals surface area contributed by atoms with Gasteiger partial charge in [0, 0.05) is 6.42 Å². The number of nitrogens with zero attached hydrogens (tertiary/aromatic N) is 1. The minimum absolute atomic E-state index is 0.0740. The van der Waals surface area contributed by atoms with Crippen molar-refractivity contribution in [1.29, 1.82) is 0 Å². The third-order valence-electron chi connectivity index (χ3n) is 3.91. The van der Waals surface area contributed by atoms with Crippen molar-refractivity contribution in [2.24, 2.45) is 5.41 Å². The largest absolute Gasteiger partial charge is 0.391 e. The lowest BCUT2D eigenvalue weighted by Crippen LogP contribution is -2.40. The number of halogens is 3. The second-order valence-electron chi connectivity index (χ2n) is 5.45. The first kappa shape index (κ1) is 14.3. The Morgan fingerprint density at radius 1 is 1.26 bits per heavy atom. The molecule has 0 aromatic heterocycles. The third-order valence-corrected chi connectivity index (χ3v) is 3.91. The molecule has 1 aliphatic heterocycles. The summed E-state index contributed by atoms with van der Waals surface area (Å²) in [6.45, 7) is -0.557. The number of carbonyl (C=O) groups is 2. The highest BCUT2D eigenvalue weighted by molar-refractivity contribution is 6.06. The third kappa shape index (κ3) is 2.91. The van der Waals surface area contributed by atoms with Crippen LogP contribution in [-0.2, 0) is 9.59 Å². The Hall–Kier alpha value is -1.11. The number of rotatable bonds is 3. The average molecular weight is 279 g/mol. The molecule has 1 N–H and O–H groups in total. The molecule has 19 heavy (non-hydrogen) atoms. The summed E-state index contributed by atoms with van der Waals surface area (Å²) in [5.74, 6) is -0.871. The molecule has 2 amide bonds. The van der Waals surface area contributed by atoms with Crippen LogP contribution in [0.15, 0.2) is 0 Å². The molecule has 1 spiro atoms. The van der Waals surface area contributed by atoms with Gasteiger partial charge in [-0.15, -0.1) is 0 Å². The number of imide groups is 1. The lowest BCUT2D eigenvalue weighted by molar-refractivity contribution is -0.160. The van der Waals surface area contributed by atoms with Crippen molar-refractivity contribution < 1.29 is 27.9 Å². The fourth-order valence-corrected chi connectivity index (χ4v) is 3.03. The van der Waals surface area contributed by atoms with E-state index in [9.17, 15) is 27.9 Å². The predicted molar refractivity (Wildman–Crippen MR) is 58.9 cm³/mol. The first-order chi connectivity index (χ1) is 8.73. The number of amides is 2. The van der Waals surface area contributed by atoms with E-state index in [1.54, 1.807) is 0 Å². The number of β-amino-alcohol motifs (C(OH)–C–C–N with tert-alkyl or cyclic N) is 1. The van der Waals surface area contributed by atoms with E-state index < -0.39 is 42.5 Å². The standard InChI is InChI=1S/C12H16F3NO3/c13-12(14,15)5-8(17)7-16-9(18)6-11(10(16)19)3-1-2-4-11/h8,17H,1-7H2. The topological polar surface area (TPSA) is 57.6 Å². The van der Waals surface area contributed by atoms with Crippen molar-refractivity contribution in [2.75, 3.05) is 6.54 Å². The molecule has 1 saturated heterocycles. The summed E-state index contributed by atoms with van der Waals surface area (Å²) in [5.41, 5.74) is -0.699. The maximum atomic E-state index is 12.2. The summed E-state index contributed by atoms with van der Waals surface area (Å²) in [4.78, 5) is 24.7. The Labute approximate surface area is 108 Å². The van der Waals surface area contributed by atoms with Gasteiger partial charge in [-0.1, -0.05) is 12.8 Å². The highest BCUT2D eigenvalue weighted by Gasteiger charge is 2.53. The molecular weight excluding hydrogens is 263 g/mol. The molecule has 0 aromatic carbocycles. The van der Waals surface area contributed by atoms with Gasteiger partial charge in [0.05, 0.1) is 24.5 Å². The van der Waals surface area contributed by atoms with E-state index in [0.29, 0.717) is 12.8 Å². The highest BCUT2D eigenvalue weighted by atomic mass is 19.4. The molecule has 0 radical (unpaired) electrons. The van der Waals surface area contributed by atoms with Crippen LogP contribution in [0.4, 0.5) is 13.2 Å². The summed E-state index contributed by atoms with van der Waals surface area (Å²) >= 11 is 0. The molecular formula is C12H16F3NO3. The Bertz CT molecular complexity index is 388. The van der Waals surface area contributed by atoms with Crippen molar-refractivity contribution in [2.45, 2.75) is 50.8 Å². The van der Waals surface area contributed by atoms with E-state index in [0.717, 1.165) is 17.7 Å². The van der Waals surface area contributed by atoms with Crippen molar-refractivity contribution >= 4 is 11.8 Å². The zero-order chi connectivity index (χ0) is 14.3. The lowest BCUT2D eigenvalue weighted by atomic mass is 9.84. The molecule has 1 saturated carbocycles. The van der Waals surface area contributed by atoms with Crippen molar-refractivity contribution in [3.63, 3.8) is 0 Å². The van der Waals surface area contributed by atoms with Crippen LogP contribution in [0.25, 0.3) is 0 Å². The molecule has 2 fully saturated rings. The zero-order valence-corrected chi connectivity index (χ0v) is 10.4. The van der Waals surface area contributed by atoms with Crippen LogP contribution in [0.3, 0.4) is 0 Å². The predicted octanol–water partition coefficient (Wildman–Crippen LogP) is 1.62. The molecule has 108 valence electrons. The van der Waals surface area contributed by atoms with Gasteiger partial charge in [0.25, 0.3) is 0 Å². The summed E-state index contributed by atoms with van der Waals surface area (Å²) in [5, 5.41) is 9.35. The number of hydrogen-bond donors (Lipinski definition) is 1. The van der Waals surface area contributed by atoms with Crippen LogP contribution < -0.4 is 0 Å². The van der Waals surface area contributed by atoms with Crippen LogP contribution >= 0.6 is 0 Å². The minimum atomic E-state index is -4.50. The van der Waals surface area contributed by atoms with Gasteiger partial charge in [-0.25, -0.2) is 0 Å². The summed E-state index contributed by atoms with van der Waals surface area (Å²) in [6, 6.07) is 0. The van der Waals surface area contributed by atoms with Gasteiger partial charge < -0.3 is 5.11 Å². The van der Waals surface area contributed by atoms with Gasteiger partial charge in [-0.2, -0.15) is 13.2 Å². The number of likely N-dealkylation sites (tertiary alicyclic amines) is 1. The first-order valence-electron chi connectivity index (χ1n) is 6.33. The summed E-state index contributed by atoms with van der Waals surface area (Å²) in [6.07, 6.45) is -4.63. The molecule has 1 heterocycles. The average Bonchev–Trinajstić information content (AvgIpc) is 2.79. The van der Waals surface area contributed by atoms with Crippen molar-refractivity contribution in [3.8, 4) is 0 Å². The molecule has 4 nitrogen and oxygen atoms in total. The van der Waals surface area contributed by atoms with Gasteiger partial charge in [0.1, 0.15) is 0 Å². The Morgan fingerprint density at radius 3 is 2.37 bits per heavy atom. The number of alkyl halides is 3. The molecule has 1 atom stereocenters. The number of hydrogen-bond acceptors (Lipinski definition) is 3. The zero-order valence-electron chi connectivity index (χ0n) is 10.4. The Kier molecular flexibility index (Phi) is 3.59. The van der Waals surface area contributed by atoms with Gasteiger partial charge in [-0.3, -0.25) is 14.5 Å². The minimum Gasteiger partial charge on any atom is -0.391 e. The van der Waals surface area contributed by atoms with Crippen LogP contribution in [0.2, 0.25) is 0 Å². The van der Waals surface area contributed by atoms with E-state index >= 15 is 0 Å². The first-order valence-corrected chi connectivity index (χ1v) is 6.33. The van der Waals surface area contributed by atoms with Gasteiger partial charge >= 0.3 is 6.18 Å². The van der Waals surface area contributed by atoms with E-state index in [1.807, 2.05) is 0 Å².